The van der Waals surface area contributed by atoms with Gasteiger partial charge in [0.2, 0.25) is 11.9 Å². The molecule has 2 aromatic heterocycles. The highest BCUT2D eigenvalue weighted by molar-refractivity contribution is 6.16. The molecule has 0 saturated heterocycles. The summed E-state index contributed by atoms with van der Waals surface area (Å²) in [6.45, 7) is 4.50. The minimum atomic E-state index is -0.851. The molecule has 0 bridgehead atoms. The summed E-state index contributed by atoms with van der Waals surface area (Å²) < 4.78 is 11.4. The van der Waals surface area contributed by atoms with Gasteiger partial charge < -0.3 is 15.2 Å². The molecule has 0 aromatic carbocycles. The van der Waals surface area contributed by atoms with Gasteiger partial charge in [-0.2, -0.15) is 4.98 Å². The number of fused-ring (bicyclic) bond motifs is 1. The van der Waals surface area contributed by atoms with Crippen LogP contribution >= 0.6 is 0 Å². The maximum Gasteiger partial charge on any atom is 0.355 e. The Balaban J connectivity index is 2.72. The summed E-state index contributed by atoms with van der Waals surface area (Å²) in [4.78, 5) is 55.7. The molecule has 0 aliphatic rings. The molecule has 138 valence electrons. The van der Waals surface area contributed by atoms with Crippen molar-refractivity contribution >= 4 is 40.7 Å². The largest absolute Gasteiger partial charge is 0.463 e. The lowest BCUT2D eigenvalue weighted by Crippen LogP contribution is -2.29. The first kappa shape index (κ1) is 18.8. The first-order valence-electron chi connectivity index (χ1n) is 7.64. The first-order chi connectivity index (χ1) is 12.3. The van der Waals surface area contributed by atoms with Gasteiger partial charge in [0.15, 0.2) is 11.2 Å². The van der Waals surface area contributed by atoms with E-state index in [0.717, 1.165) is 23.9 Å². The molecule has 0 atom stereocenters. The number of anilines is 1. The van der Waals surface area contributed by atoms with Crippen molar-refractivity contribution in [1.29, 1.82) is 0 Å². The molecule has 0 aliphatic heterocycles. The number of rotatable bonds is 5. The van der Waals surface area contributed by atoms with E-state index < -0.39 is 23.4 Å². The van der Waals surface area contributed by atoms with Gasteiger partial charge in [-0.05, 0) is 13.8 Å². The van der Waals surface area contributed by atoms with Crippen molar-refractivity contribution in [3.8, 4) is 0 Å². The fourth-order valence-electron chi connectivity index (χ4n) is 2.18. The number of hydrogen-bond donors (Lipinski definition) is 1. The number of nitrogens with zero attached hydrogens (tertiary/aromatic N) is 4. The Labute approximate surface area is 147 Å². The van der Waals surface area contributed by atoms with Crippen LogP contribution in [0.4, 0.5) is 5.95 Å². The van der Waals surface area contributed by atoms with Crippen molar-refractivity contribution < 1.29 is 23.9 Å². The number of nitrogens with two attached hydrogens (primary N) is 1. The highest BCUT2D eigenvalue weighted by Gasteiger charge is 2.22. The number of aromatic nitrogens is 4. The van der Waals surface area contributed by atoms with Crippen LogP contribution in [-0.4, -0.2) is 50.2 Å². The highest BCUT2D eigenvalue weighted by Crippen LogP contribution is 2.16. The molecule has 26 heavy (non-hydrogen) atoms. The summed E-state index contributed by atoms with van der Waals surface area (Å²) >= 11 is 0. The van der Waals surface area contributed by atoms with E-state index in [1.807, 2.05) is 0 Å². The Hall–Kier alpha value is -3.50. The fourth-order valence-corrected chi connectivity index (χ4v) is 2.18. The summed E-state index contributed by atoms with van der Waals surface area (Å²) in [5, 5.41) is 0. The van der Waals surface area contributed by atoms with Crippen LogP contribution in [0.1, 0.15) is 25.6 Å². The van der Waals surface area contributed by atoms with E-state index in [0.29, 0.717) is 4.57 Å². The zero-order valence-electron chi connectivity index (χ0n) is 14.4. The molecule has 2 N–H and O–H groups in total. The molecule has 0 saturated carbocycles. The zero-order valence-corrected chi connectivity index (χ0v) is 14.4. The van der Waals surface area contributed by atoms with Crippen LogP contribution in [0.2, 0.25) is 0 Å². The van der Waals surface area contributed by atoms with Crippen LogP contribution < -0.4 is 11.3 Å². The Morgan fingerprint density at radius 1 is 1.23 bits per heavy atom. The maximum atomic E-state index is 12.4. The monoisotopic (exact) mass is 363 g/mol. The third kappa shape index (κ3) is 3.45. The Morgan fingerprint density at radius 3 is 2.46 bits per heavy atom. The molecule has 0 spiro atoms. The second kappa shape index (κ2) is 7.59. The predicted molar refractivity (Wildman–Crippen MR) is 90.0 cm³/mol. The van der Waals surface area contributed by atoms with Crippen LogP contribution in [0.3, 0.4) is 0 Å². The standard InChI is InChI=1S/C15H17N5O6/c1-4-25-10(22)6-9(14(24)26-5-2)19-7-17-11-12(19)18-15(16)20(8(3)21)13(11)23/h6-7H,4-5H2,1-3H3,(H2,16,18)/b9-6+. The van der Waals surface area contributed by atoms with Crippen LogP contribution in [0, 0.1) is 0 Å². The number of ether oxygens (including phenoxy) is 2. The lowest BCUT2D eigenvalue weighted by Gasteiger charge is -2.09. The van der Waals surface area contributed by atoms with E-state index in [9.17, 15) is 19.2 Å². The van der Waals surface area contributed by atoms with Gasteiger partial charge in [-0.3, -0.25) is 14.2 Å². The molecule has 0 unspecified atom stereocenters. The minimum Gasteiger partial charge on any atom is -0.463 e. The molecule has 2 aromatic rings. The van der Waals surface area contributed by atoms with Gasteiger partial charge in [-0.25, -0.2) is 19.1 Å². The van der Waals surface area contributed by atoms with Crippen molar-refractivity contribution in [2.75, 3.05) is 18.9 Å². The third-order valence-electron chi connectivity index (χ3n) is 3.20. The highest BCUT2D eigenvalue weighted by atomic mass is 16.5. The number of imidazole rings is 1. The number of nitrogen functional groups attached to an aromatic ring is 1. The second-order valence-electron chi connectivity index (χ2n) is 4.92. The Morgan fingerprint density at radius 2 is 1.88 bits per heavy atom. The Bertz CT molecular complexity index is 971. The average molecular weight is 363 g/mol. The summed E-state index contributed by atoms with van der Waals surface area (Å²) in [5.74, 6) is -2.65. The average Bonchev–Trinajstić information content (AvgIpc) is 2.96. The lowest BCUT2D eigenvalue weighted by molar-refractivity contribution is -0.139. The number of hydrogen-bond acceptors (Lipinski definition) is 9. The quantitative estimate of drug-likeness (QED) is 0.563. The van der Waals surface area contributed by atoms with Gasteiger partial charge in [0.1, 0.15) is 12.0 Å². The van der Waals surface area contributed by atoms with E-state index in [4.69, 9.17) is 15.2 Å². The zero-order chi connectivity index (χ0) is 19.4. The van der Waals surface area contributed by atoms with Gasteiger partial charge in [0.25, 0.3) is 5.56 Å². The van der Waals surface area contributed by atoms with Crippen molar-refractivity contribution in [2.45, 2.75) is 20.8 Å². The van der Waals surface area contributed by atoms with Gasteiger partial charge in [0.05, 0.1) is 19.3 Å². The van der Waals surface area contributed by atoms with E-state index >= 15 is 0 Å². The SMILES string of the molecule is CCOC(=O)/C=C(\C(=O)OCC)n1cnc2c(=O)n(C(C)=O)c(N)nc21. The molecular weight excluding hydrogens is 346 g/mol. The van der Waals surface area contributed by atoms with E-state index in [2.05, 4.69) is 9.97 Å². The summed E-state index contributed by atoms with van der Waals surface area (Å²) in [6, 6.07) is 0. The topological polar surface area (TPSA) is 148 Å². The lowest BCUT2D eigenvalue weighted by atomic mass is 10.3. The molecule has 11 nitrogen and oxygen atoms in total. The van der Waals surface area contributed by atoms with E-state index in [1.54, 1.807) is 13.8 Å². The molecule has 11 heteroatoms. The van der Waals surface area contributed by atoms with E-state index in [-0.39, 0.29) is 36.0 Å². The maximum absolute atomic E-state index is 12.4. The molecule has 0 amide bonds. The van der Waals surface area contributed by atoms with Crippen LogP contribution in [0.25, 0.3) is 16.9 Å². The van der Waals surface area contributed by atoms with Crippen molar-refractivity contribution in [3.63, 3.8) is 0 Å². The first-order valence-corrected chi connectivity index (χ1v) is 7.64. The summed E-state index contributed by atoms with van der Waals surface area (Å²) in [6.07, 6.45) is 2.00. The van der Waals surface area contributed by atoms with E-state index in [1.165, 1.54) is 0 Å². The smallest absolute Gasteiger partial charge is 0.355 e. The molecular formula is C15H17N5O6. The fraction of sp³-hybridized carbons (Fsp3) is 0.333. The second-order valence-corrected chi connectivity index (χ2v) is 4.92. The minimum absolute atomic E-state index is 0.0539. The van der Waals surface area contributed by atoms with Gasteiger partial charge in [0, 0.05) is 6.92 Å². The van der Waals surface area contributed by atoms with Crippen LogP contribution in [-0.2, 0) is 19.1 Å². The van der Waals surface area contributed by atoms with Crippen molar-refractivity contribution in [2.24, 2.45) is 0 Å². The third-order valence-corrected chi connectivity index (χ3v) is 3.20. The van der Waals surface area contributed by atoms with Gasteiger partial charge in [-0.1, -0.05) is 0 Å². The van der Waals surface area contributed by atoms with Gasteiger partial charge >= 0.3 is 11.9 Å². The number of carbonyl (C=O) groups is 3. The summed E-state index contributed by atoms with van der Waals surface area (Å²) in [7, 11) is 0. The van der Waals surface area contributed by atoms with Crippen LogP contribution in [0.15, 0.2) is 17.2 Å². The van der Waals surface area contributed by atoms with Crippen molar-refractivity contribution in [3.05, 3.63) is 22.8 Å². The predicted octanol–water partition coefficient (Wildman–Crippen LogP) is -0.198. The molecule has 0 aliphatic carbocycles. The number of carbonyl (C=O) groups excluding carboxylic acids is 3. The molecule has 0 fully saturated rings. The number of esters is 2. The van der Waals surface area contributed by atoms with Crippen molar-refractivity contribution in [1.82, 2.24) is 19.1 Å². The Kier molecular flexibility index (Phi) is 5.50. The molecule has 2 heterocycles. The molecule has 2 rings (SSSR count). The summed E-state index contributed by atoms with van der Waals surface area (Å²) in [5.41, 5.74) is 4.30. The van der Waals surface area contributed by atoms with Crippen LogP contribution in [0.5, 0.6) is 0 Å². The van der Waals surface area contributed by atoms with Gasteiger partial charge in [-0.15, -0.1) is 0 Å². The molecule has 0 radical (unpaired) electrons. The normalized spacial score (nSPS) is 11.4.